The summed E-state index contributed by atoms with van der Waals surface area (Å²) in [4.78, 5) is 11.2. The second-order valence-electron chi connectivity index (χ2n) is 6.65. The minimum atomic E-state index is 0.782. The first-order valence-corrected chi connectivity index (χ1v) is 10.2. The fraction of sp³-hybridized carbons (Fsp3) is 0.579. The molecule has 0 bridgehead atoms. The Bertz CT molecular complexity index is 678. The minimum absolute atomic E-state index is 0.782. The van der Waals surface area contributed by atoms with E-state index < -0.39 is 0 Å². The SMILES string of the molecule is CN=C(NCCNc1nc2ccccc2s1)N(C)CCC1CCOCC1. The van der Waals surface area contributed by atoms with Crippen molar-refractivity contribution in [3.05, 3.63) is 24.3 Å². The number of benzene rings is 1. The third-order valence-electron chi connectivity index (χ3n) is 4.77. The van der Waals surface area contributed by atoms with Crippen LogP contribution < -0.4 is 10.6 Å². The summed E-state index contributed by atoms with van der Waals surface area (Å²) in [7, 11) is 3.95. The Hall–Kier alpha value is -1.86. The molecule has 1 fully saturated rings. The molecule has 2 aromatic rings. The lowest BCUT2D eigenvalue weighted by molar-refractivity contribution is 0.0625. The maximum Gasteiger partial charge on any atom is 0.193 e. The van der Waals surface area contributed by atoms with Gasteiger partial charge in [-0.05, 0) is 37.3 Å². The molecule has 2 heterocycles. The van der Waals surface area contributed by atoms with Crippen LogP contribution in [0.15, 0.2) is 29.3 Å². The summed E-state index contributed by atoms with van der Waals surface area (Å²) >= 11 is 1.69. The van der Waals surface area contributed by atoms with Crippen LogP contribution >= 0.6 is 11.3 Å². The molecule has 0 aliphatic carbocycles. The molecule has 26 heavy (non-hydrogen) atoms. The Labute approximate surface area is 159 Å². The Kier molecular flexibility index (Phi) is 7.08. The molecular formula is C19H29N5OS. The topological polar surface area (TPSA) is 61.8 Å². The number of para-hydroxylation sites is 1. The molecule has 1 aromatic heterocycles. The quantitative estimate of drug-likeness (QED) is 0.442. The van der Waals surface area contributed by atoms with Crippen LogP contribution in [-0.2, 0) is 4.74 Å². The Balaban J connectivity index is 1.37. The first-order valence-electron chi connectivity index (χ1n) is 9.35. The Morgan fingerprint density at radius 1 is 1.31 bits per heavy atom. The van der Waals surface area contributed by atoms with E-state index >= 15 is 0 Å². The van der Waals surface area contributed by atoms with Gasteiger partial charge in [-0.2, -0.15) is 0 Å². The summed E-state index contributed by atoms with van der Waals surface area (Å²) in [5.74, 6) is 1.73. The highest BCUT2D eigenvalue weighted by molar-refractivity contribution is 7.22. The van der Waals surface area contributed by atoms with Gasteiger partial charge in [-0.25, -0.2) is 4.98 Å². The largest absolute Gasteiger partial charge is 0.381 e. The third kappa shape index (κ3) is 5.32. The van der Waals surface area contributed by atoms with Crippen molar-refractivity contribution in [2.75, 3.05) is 52.3 Å². The van der Waals surface area contributed by atoms with E-state index in [0.29, 0.717) is 0 Å². The van der Waals surface area contributed by atoms with Gasteiger partial charge >= 0.3 is 0 Å². The van der Waals surface area contributed by atoms with Crippen molar-refractivity contribution < 1.29 is 4.74 Å². The first kappa shape index (κ1) is 18.9. The highest BCUT2D eigenvalue weighted by Crippen LogP contribution is 2.24. The van der Waals surface area contributed by atoms with Crippen molar-refractivity contribution in [3.63, 3.8) is 0 Å². The molecule has 1 aliphatic heterocycles. The molecule has 0 saturated carbocycles. The van der Waals surface area contributed by atoms with Gasteiger partial charge in [0.1, 0.15) is 0 Å². The predicted octanol–water partition coefficient (Wildman–Crippen LogP) is 3.03. The van der Waals surface area contributed by atoms with Crippen LogP contribution in [0.2, 0.25) is 0 Å². The molecule has 1 aromatic carbocycles. The van der Waals surface area contributed by atoms with Gasteiger partial charge in [-0.3, -0.25) is 4.99 Å². The number of guanidine groups is 1. The summed E-state index contributed by atoms with van der Waals surface area (Å²) < 4.78 is 6.65. The first-order chi connectivity index (χ1) is 12.8. The number of ether oxygens (including phenoxy) is 1. The van der Waals surface area contributed by atoms with Gasteiger partial charge in [0.05, 0.1) is 10.2 Å². The Morgan fingerprint density at radius 3 is 2.88 bits per heavy atom. The van der Waals surface area contributed by atoms with Crippen LogP contribution in [0.5, 0.6) is 0 Å². The van der Waals surface area contributed by atoms with Gasteiger partial charge in [-0.1, -0.05) is 23.5 Å². The molecule has 6 nitrogen and oxygen atoms in total. The number of aliphatic imine (C=N–C) groups is 1. The fourth-order valence-electron chi connectivity index (χ4n) is 3.19. The number of anilines is 1. The van der Waals surface area contributed by atoms with Crippen molar-refractivity contribution in [2.24, 2.45) is 10.9 Å². The summed E-state index contributed by atoms with van der Waals surface area (Å²) in [6.45, 7) is 4.48. The molecule has 0 spiro atoms. The van der Waals surface area contributed by atoms with E-state index in [4.69, 9.17) is 4.74 Å². The van der Waals surface area contributed by atoms with E-state index in [-0.39, 0.29) is 0 Å². The smallest absolute Gasteiger partial charge is 0.193 e. The van der Waals surface area contributed by atoms with Crippen LogP contribution in [0.3, 0.4) is 0 Å². The van der Waals surface area contributed by atoms with Crippen molar-refractivity contribution in [1.29, 1.82) is 0 Å². The van der Waals surface area contributed by atoms with Crippen molar-refractivity contribution in [2.45, 2.75) is 19.3 Å². The fourth-order valence-corrected chi connectivity index (χ4v) is 4.08. The Morgan fingerprint density at radius 2 is 2.12 bits per heavy atom. The number of hydrogen-bond donors (Lipinski definition) is 2. The third-order valence-corrected chi connectivity index (χ3v) is 5.76. The monoisotopic (exact) mass is 375 g/mol. The second-order valence-corrected chi connectivity index (χ2v) is 7.68. The van der Waals surface area contributed by atoms with Gasteiger partial charge in [0.2, 0.25) is 0 Å². The van der Waals surface area contributed by atoms with Gasteiger partial charge in [0, 0.05) is 46.9 Å². The van der Waals surface area contributed by atoms with Crippen LogP contribution in [0.4, 0.5) is 5.13 Å². The summed E-state index contributed by atoms with van der Waals surface area (Å²) in [6.07, 6.45) is 3.57. The molecule has 0 atom stereocenters. The van der Waals surface area contributed by atoms with Crippen LogP contribution in [0.1, 0.15) is 19.3 Å². The number of hydrogen-bond acceptors (Lipinski definition) is 5. The van der Waals surface area contributed by atoms with E-state index in [1.807, 2.05) is 25.2 Å². The number of nitrogens with one attached hydrogen (secondary N) is 2. The average Bonchev–Trinajstić information content (AvgIpc) is 3.10. The molecular weight excluding hydrogens is 346 g/mol. The molecule has 142 valence electrons. The molecule has 7 heteroatoms. The zero-order valence-electron chi connectivity index (χ0n) is 15.7. The summed E-state index contributed by atoms with van der Waals surface area (Å²) in [5, 5.41) is 7.79. The molecule has 0 radical (unpaired) electrons. The van der Waals surface area contributed by atoms with E-state index in [1.54, 1.807) is 11.3 Å². The van der Waals surface area contributed by atoms with Crippen molar-refractivity contribution in [1.82, 2.24) is 15.2 Å². The van der Waals surface area contributed by atoms with E-state index in [9.17, 15) is 0 Å². The molecule has 1 saturated heterocycles. The summed E-state index contributed by atoms with van der Waals surface area (Å²) in [5.41, 5.74) is 1.05. The molecule has 2 N–H and O–H groups in total. The van der Waals surface area contributed by atoms with E-state index in [2.05, 4.69) is 38.6 Å². The maximum absolute atomic E-state index is 5.44. The molecule has 0 unspecified atom stereocenters. The van der Waals surface area contributed by atoms with E-state index in [1.165, 1.54) is 24.0 Å². The lowest BCUT2D eigenvalue weighted by Crippen LogP contribution is -2.41. The number of aromatic nitrogens is 1. The summed E-state index contributed by atoms with van der Waals surface area (Å²) in [6, 6.07) is 8.22. The zero-order valence-corrected chi connectivity index (χ0v) is 16.5. The van der Waals surface area contributed by atoms with Crippen LogP contribution in [0, 0.1) is 5.92 Å². The van der Waals surface area contributed by atoms with Gasteiger partial charge in [-0.15, -0.1) is 0 Å². The molecule has 0 amide bonds. The van der Waals surface area contributed by atoms with Crippen LogP contribution in [-0.4, -0.2) is 62.8 Å². The number of rotatable bonds is 7. The minimum Gasteiger partial charge on any atom is -0.381 e. The number of thiazole rings is 1. The van der Waals surface area contributed by atoms with Crippen molar-refractivity contribution >= 4 is 32.6 Å². The lowest BCUT2D eigenvalue weighted by Gasteiger charge is -2.26. The highest BCUT2D eigenvalue weighted by Gasteiger charge is 2.15. The van der Waals surface area contributed by atoms with Gasteiger partial charge in [0.25, 0.3) is 0 Å². The predicted molar refractivity (Wildman–Crippen MR) is 110 cm³/mol. The molecule has 3 rings (SSSR count). The number of fused-ring (bicyclic) bond motifs is 1. The van der Waals surface area contributed by atoms with Crippen molar-refractivity contribution in [3.8, 4) is 0 Å². The standard InChI is InChI=1S/C19H29N5OS/c1-20-18(24(2)12-7-15-8-13-25-14-9-15)21-10-11-22-19-23-16-5-3-4-6-17(16)26-19/h3-6,15H,7-14H2,1-2H3,(H,20,21)(H,22,23). The zero-order chi connectivity index (χ0) is 18.2. The average molecular weight is 376 g/mol. The number of nitrogens with zero attached hydrogens (tertiary/aromatic N) is 3. The van der Waals surface area contributed by atoms with Gasteiger partial charge in [0.15, 0.2) is 11.1 Å². The maximum atomic E-state index is 5.44. The lowest BCUT2D eigenvalue weighted by atomic mass is 9.96. The van der Waals surface area contributed by atoms with Crippen LogP contribution in [0.25, 0.3) is 10.2 Å². The normalized spacial score (nSPS) is 16.0. The highest BCUT2D eigenvalue weighted by atomic mass is 32.1. The second kappa shape index (κ2) is 9.73. The molecule has 1 aliphatic rings. The van der Waals surface area contributed by atoms with E-state index in [0.717, 1.165) is 55.4 Å². The van der Waals surface area contributed by atoms with Gasteiger partial charge < -0.3 is 20.3 Å².